The van der Waals surface area contributed by atoms with Gasteiger partial charge in [-0.1, -0.05) is 11.6 Å². The highest BCUT2D eigenvalue weighted by atomic mass is 32.2. The van der Waals surface area contributed by atoms with Crippen LogP contribution in [0.5, 0.6) is 0 Å². The van der Waals surface area contributed by atoms with Gasteiger partial charge in [0.25, 0.3) is 10.1 Å². The summed E-state index contributed by atoms with van der Waals surface area (Å²) in [5, 5.41) is 11.7. The minimum atomic E-state index is -4.67. The zero-order chi connectivity index (χ0) is 19.1. The fraction of sp³-hybridized carbons (Fsp3) is 0.0667. The number of hydrogen-bond donors (Lipinski definition) is 2. The van der Waals surface area contributed by atoms with E-state index in [0.29, 0.717) is 5.56 Å². The number of nitrogens with two attached hydrogens (primary N) is 1. The van der Waals surface area contributed by atoms with E-state index >= 15 is 0 Å². The second-order valence-electron chi connectivity index (χ2n) is 5.34. The van der Waals surface area contributed by atoms with Crippen molar-refractivity contribution in [3.63, 3.8) is 0 Å². The lowest BCUT2D eigenvalue weighted by molar-refractivity contribution is -0.383. The molecule has 0 spiro atoms. The smallest absolute Gasteiger partial charge is 0.324 e. The van der Waals surface area contributed by atoms with Crippen LogP contribution >= 0.6 is 0 Å². The third kappa shape index (κ3) is 3.12. The van der Waals surface area contributed by atoms with E-state index in [4.69, 9.17) is 10.2 Å². The molecule has 0 unspecified atom stereocenters. The van der Waals surface area contributed by atoms with Gasteiger partial charge in [0.2, 0.25) is 5.95 Å². The average Bonchev–Trinajstić information content (AvgIpc) is 3.06. The molecule has 0 aliphatic carbocycles. The zero-order valence-corrected chi connectivity index (χ0v) is 14.1. The highest BCUT2D eigenvalue weighted by Gasteiger charge is 2.31. The number of aryl methyl sites for hydroxylation is 1. The molecule has 0 bridgehead atoms. The van der Waals surface area contributed by atoms with Gasteiger partial charge < -0.3 is 10.2 Å². The standard InChI is InChI=1S/C15H12N4O6S/c1-8-4-5-11(26(22,23)24)9(7-8)12-14(19(20)21)13(18-15(16)17-12)10-3-2-6-25-10/h2-7H,1H3,(H2,16,17,18)(H,22,23,24). The molecule has 0 fully saturated rings. The Labute approximate surface area is 147 Å². The van der Waals surface area contributed by atoms with Crippen LogP contribution in [-0.4, -0.2) is 27.9 Å². The normalized spacial score (nSPS) is 11.5. The molecule has 0 aliphatic heterocycles. The number of anilines is 1. The van der Waals surface area contributed by atoms with Crippen molar-refractivity contribution < 1.29 is 22.3 Å². The number of aromatic nitrogens is 2. The molecule has 0 aliphatic rings. The summed E-state index contributed by atoms with van der Waals surface area (Å²) in [5.74, 6) is -0.257. The van der Waals surface area contributed by atoms with Crippen LogP contribution in [-0.2, 0) is 10.1 Å². The summed E-state index contributed by atoms with van der Waals surface area (Å²) < 4.78 is 38.1. The fourth-order valence-corrected chi connectivity index (χ4v) is 3.15. The van der Waals surface area contributed by atoms with Gasteiger partial charge in [-0.2, -0.15) is 8.42 Å². The molecule has 2 aromatic heterocycles. The van der Waals surface area contributed by atoms with Crippen molar-refractivity contribution in [1.29, 1.82) is 0 Å². The topological polar surface area (TPSA) is 162 Å². The molecule has 0 saturated carbocycles. The summed E-state index contributed by atoms with van der Waals surface area (Å²) >= 11 is 0. The molecule has 11 heteroatoms. The average molecular weight is 376 g/mol. The lowest BCUT2D eigenvalue weighted by Crippen LogP contribution is -2.08. The van der Waals surface area contributed by atoms with Gasteiger partial charge >= 0.3 is 5.69 Å². The summed E-state index contributed by atoms with van der Waals surface area (Å²) in [7, 11) is -4.67. The summed E-state index contributed by atoms with van der Waals surface area (Å²) in [6.07, 6.45) is 1.30. The Morgan fingerprint density at radius 1 is 1.23 bits per heavy atom. The molecule has 0 saturated heterocycles. The van der Waals surface area contributed by atoms with E-state index in [9.17, 15) is 23.1 Å². The van der Waals surface area contributed by atoms with E-state index in [1.807, 2.05) is 0 Å². The van der Waals surface area contributed by atoms with Gasteiger partial charge in [-0.05, 0) is 31.2 Å². The first kappa shape index (κ1) is 17.5. The molecule has 134 valence electrons. The SMILES string of the molecule is Cc1ccc(S(=O)(=O)O)c(-c2nc(N)nc(-c3ccco3)c2[N+](=O)[O-])c1. The lowest BCUT2D eigenvalue weighted by Gasteiger charge is -2.10. The monoisotopic (exact) mass is 376 g/mol. The Morgan fingerprint density at radius 3 is 2.50 bits per heavy atom. The number of nitrogen functional groups attached to an aromatic ring is 1. The second-order valence-corrected chi connectivity index (χ2v) is 6.73. The molecule has 2 heterocycles. The molecule has 3 rings (SSSR count). The number of furan rings is 1. The summed E-state index contributed by atoms with van der Waals surface area (Å²) in [5.41, 5.74) is 4.96. The van der Waals surface area contributed by atoms with E-state index in [0.717, 1.165) is 6.07 Å². The van der Waals surface area contributed by atoms with E-state index in [1.165, 1.54) is 30.5 Å². The van der Waals surface area contributed by atoms with Gasteiger partial charge in [0, 0.05) is 5.56 Å². The van der Waals surface area contributed by atoms with Crippen LogP contribution in [0.25, 0.3) is 22.7 Å². The van der Waals surface area contributed by atoms with Crippen LogP contribution in [0.15, 0.2) is 45.9 Å². The molecule has 3 aromatic rings. The Balaban J connectivity index is 2.44. The van der Waals surface area contributed by atoms with Crippen LogP contribution < -0.4 is 5.73 Å². The number of nitro groups is 1. The van der Waals surface area contributed by atoms with E-state index in [1.54, 1.807) is 6.92 Å². The molecule has 3 N–H and O–H groups in total. The van der Waals surface area contributed by atoms with Crippen LogP contribution in [0.2, 0.25) is 0 Å². The van der Waals surface area contributed by atoms with Crippen LogP contribution in [0.4, 0.5) is 11.6 Å². The Hall–Kier alpha value is -3.31. The quantitative estimate of drug-likeness (QED) is 0.395. The number of nitrogens with zero attached hydrogens (tertiary/aromatic N) is 3. The largest absolute Gasteiger partial charge is 0.462 e. The third-order valence-electron chi connectivity index (χ3n) is 3.51. The summed E-state index contributed by atoms with van der Waals surface area (Å²) in [6, 6.07) is 6.88. The molecular weight excluding hydrogens is 364 g/mol. The summed E-state index contributed by atoms with van der Waals surface area (Å²) in [6.45, 7) is 1.65. The third-order valence-corrected chi connectivity index (χ3v) is 4.42. The van der Waals surface area contributed by atoms with Gasteiger partial charge in [-0.3, -0.25) is 14.7 Å². The van der Waals surface area contributed by atoms with Gasteiger partial charge in [0.1, 0.15) is 4.90 Å². The first-order chi connectivity index (χ1) is 12.2. The van der Waals surface area contributed by atoms with Crippen molar-refractivity contribution in [3.8, 4) is 22.7 Å². The maximum Gasteiger partial charge on any atom is 0.324 e. The molecule has 10 nitrogen and oxygen atoms in total. The first-order valence-corrected chi connectivity index (χ1v) is 8.57. The lowest BCUT2D eigenvalue weighted by atomic mass is 10.1. The minimum absolute atomic E-state index is 0.0631. The number of benzene rings is 1. The van der Waals surface area contributed by atoms with E-state index in [2.05, 4.69) is 9.97 Å². The first-order valence-electron chi connectivity index (χ1n) is 7.13. The number of rotatable bonds is 4. The second kappa shape index (κ2) is 6.20. The molecular formula is C15H12N4O6S. The highest BCUT2D eigenvalue weighted by molar-refractivity contribution is 7.86. The molecule has 0 atom stereocenters. The summed E-state index contributed by atoms with van der Waals surface area (Å²) in [4.78, 5) is 18.1. The highest BCUT2D eigenvalue weighted by Crippen LogP contribution is 2.39. The van der Waals surface area contributed by atoms with Crippen LogP contribution in [0, 0.1) is 17.0 Å². The molecule has 1 aromatic carbocycles. The van der Waals surface area contributed by atoms with Crippen LogP contribution in [0.1, 0.15) is 5.56 Å². The Morgan fingerprint density at radius 2 is 1.92 bits per heavy atom. The van der Waals surface area contributed by atoms with Gasteiger partial charge in [-0.15, -0.1) is 0 Å². The maximum atomic E-state index is 11.7. The molecule has 26 heavy (non-hydrogen) atoms. The van der Waals surface area contributed by atoms with Crippen molar-refractivity contribution >= 4 is 21.8 Å². The van der Waals surface area contributed by atoms with E-state index < -0.39 is 25.6 Å². The number of hydrogen-bond acceptors (Lipinski definition) is 8. The van der Waals surface area contributed by atoms with Crippen molar-refractivity contribution in [2.75, 3.05) is 5.73 Å². The fourth-order valence-electron chi connectivity index (χ4n) is 2.47. The molecule has 0 amide bonds. The van der Waals surface area contributed by atoms with Crippen molar-refractivity contribution in [1.82, 2.24) is 9.97 Å². The maximum absolute atomic E-state index is 11.7. The Bertz CT molecular complexity index is 1110. The van der Waals surface area contributed by atoms with Gasteiger partial charge in [0.05, 0.1) is 11.2 Å². The molecule has 0 radical (unpaired) electrons. The van der Waals surface area contributed by atoms with Crippen molar-refractivity contribution in [3.05, 3.63) is 52.3 Å². The zero-order valence-electron chi connectivity index (χ0n) is 13.3. The van der Waals surface area contributed by atoms with E-state index in [-0.39, 0.29) is 28.7 Å². The Kier molecular flexibility index (Phi) is 4.18. The van der Waals surface area contributed by atoms with Gasteiger partial charge in [0.15, 0.2) is 17.1 Å². The minimum Gasteiger partial charge on any atom is -0.462 e. The van der Waals surface area contributed by atoms with Crippen molar-refractivity contribution in [2.24, 2.45) is 0 Å². The van der Waals surface area contributed by atoms with Crippen LogP contribution in [0.3, 0.4) is 0 Å². The predicted octanol–water partition coefficient (Wildman–Crippen LogP) is 2.45. The van der Waals surface area contributed by atoms with Gasteiger partial charge in [-0.25, -0.2) is 9.97 Å². The van der Waals surface area contributed by atoms with Crippen molar-refractivity contribution in [2.45, 2.75) is 11.8 Å². The predicted molar refractivity (Wildman–Crippen MR) is 90.8 cm³/mol.